The summed E-state index contributed by atoms with van der Waals surface area (Å²) in [5, 5.41) is 6.66. The van der Waals surface area contributed by atoms with Gasteiger partial charge in [0.1, 0.15) is 11.6 Å². The molecule has 8 unspecified atom stereocenters. The number of amides is 1. The van der Waals surface area contributed by atoms with Crippen molar-refractivity contribution in [3.8, 4) is 0 Å². The van der Waals surface area contributed by atoms with Gasteiger partial charge in [0.15, 0.2) is 5.11 Å². The fourth-order valence-corrected chi connectivity index (χ4v) is 10.6. The summed E-state index contributed by atoms with van der Waals surface area (Å²) in [6.07, 6.45) is 8.99. The molecule has 0 radical (unpaired) electrons. The van der Waals surface area contributed by atoms with Crippen LogP contribution in [0.25, 0.3) is 0 Å². The Morgan fingerprint density at radius 3 is 2.48 bits per heavy atom. The Morgan fingerprint density at radius 1 is 1.02 bits per heavy atom. The van der Waals surface area contributed by atoms with Crippen LogP contribution in [0.15, 0.2) is 42.0 Å². The maximum Gasteiger partial charge on any atom is 0.232 e. The standard InChI is InChI=1S/C34H44N2O3S/c1-20(2)23-18-34-16-13-26-32(3,27(34)17-22(23)28-24(37)11-12-25(38)29(28)34)14-8-15-33(26,4)30(39)36-31(40)35-19-21-9-6-5-7-10-21/h5-7,9-10,18,20,22,26-29H,8,11-17,19H2,1-4H3,(H2,35,36,39,40). The highest BCUT2D eigenvalue weighted by molar-refractivity contribution is 7.80. The fourth-order valence-electron chi connectivity index (χ4n) is 10.4. The summed E-state index contributed by atoms with van der Waals surface area (Å²) >= 11 is 5.56. The monoisotopic (exact) mass is 560 g/mol. The maximum absolute atomic E-state index is 14.0. The number of ketones is 2. The van der Waals surface area contributed by atoms with Crippen LogP contribution in [0.3, 0.4) is 0 Å². The van der Waals surface area contributed by atoms with Gasteiger partial charge in [-0.2, -0.15) is 0 Å². The first-order chi connectivity index (χ1) is 19.0. The lowest BCUT2D eigenvalue weighted by Crippen LogP contribution is -2.67. The number of allylic oxidation sites excluding steroid dienone is 2. The number of rotatable bonds is 4. The molecule has 2 bridgehead atoms. The Bertz CT molecular complexity index is 1270. The molecule has 0 aliphatic heterocycles. The van der Waals surface area contributed by atoms with Gasteiger partial charge in [0.2, 0.25) is 5.91 Å². The van der Waals surface area contributed by atoms with Gasteiger partial charge in [-0.25, -0.2) is 0 Å². The Hall–Kier alpha value is -2.34. The molecule has 0 saturated heterocycles. The molecule has 6 aliphatic carbocycles. The second kappa shape index (κ2) is 9.89. The van der Waals surface area contributed by atoms with Crippen LogP contribution in [0, 0.1) is 51.8 Å². The molecule has 2 N–H and O–H groups in total. The van der Waals surface area contributed by atoms with Crippen LogP contribution >= 0.6 is 12.2 Å². The van der Waals surface area contributed by atoms with Gasteiger partial charge in [0.05, 0.1) is 5.41 Å². The van der Waals surface area contributed by atoms with E-state index in [-0.39, 0.29) is 40.4 Å². The molecule has 1 spiro atoms. The van der Waals surface area contributed by atoms with E-state index in [4.69, 9.17) is 12.2 Å². The minimum absolute atomic E-state index is 0.0196. The molecule has 7 rings (SSSR count). The van der Waals surface area contributed by atoms with Gasteiger partial charge in [0, 0.05) is 36.6 Å². The summed E-state index contributed by atoms with van der Waals surface area (Å²) in [6, 6.07) is 10.0. The zero-order chi connectivity index (χ0) is 28.4. The molecule has 0 aromatic heterocycles. The van der Waals surface area contributed by atoms with E-state index in [2.05, 4.69) is 44.4 Å². The molecule has 8 atom stereocenters. The second-order valence-electron chi connectivity index (χ2n) is 14.2. The Labute approximate surface area is 244 Å². The third-order valence-corrected chi connectivity index (χ3v) is 12.3. The van der Waals surface area contributed by atoms with Crippen molar-refractivity contribution >= 4 is 34.8 Å². The van der Waals surface area contributed by atoms with E-state index in [0.717, 1.165) is 44.1 Å². The van der Waals surface area contributed by atoms with Crippen molar-refractivity contribution in [1.82, 2.24) is 10.6 Å². The molecule has 40 heavy (non-hydrogen) atoms. The predicted octanol–water partition coefficient (Wildman–Crippen LogP) is 6.17. The lowest BCUT2D eigenvalue weighted by atomic mass is 9.33. The number of hydrogen-bond donors (Lipinski definition) is 2. The molecule has 6 aliphatic rings. The van der Waals surface area contributed by atoms with Crippen LogP contribution in [0.4, 0.5) is 0 Å². The van der Waals surface area contributed by atoms with Crippen molar-refractivity contribution in [3.63, 3.8) is 0 Å². The summed E-state index contributed by atoms with van der Waals surface area (Å²) in [5.41, 5.74) is 1.68. The zero-order valence-electron chi connectivity index (χ0n) is 24.4. The van der Waals surface area contributed by atoms with Gasteiger partial charge in [-0.15, -0.1) is 0 Å². The largest absolute Gasteiger partial charge is 0.358 e. The number of Topliss-reactive ketones (excluding diaryl/α,β-unsaturated/α-hetero) is 2. The van der Waals surface area contributed by atoms with Crippen molar-refractivity contribution in [2.75, 3.05) is 0 Å². The molecular formula is C34H44N2O3S. The van der Waals surface area contributed by atoms with Crippen LogP contribution < -0.4 is 10.6 Å². The molecule has 4 saturated carbocycles. The molecule has 0 heterocycles. The van der Waals surface area contributed by atoms with E-state index >= 15 is 0 Å². The summed E-state index contributed by atoms with van der Waals surface area (Å²) in [6.45, 7) is 9.62. The number of fused-ring (bicyclic) bond motifs is 1. The zero-order valence-corrected chi connectivity index (χ0v) is 25.2. The Balaban J connectivity index is 1.28. The highest BCUT2D eigenvalue weighted by Gasteiger charge is 2.70. The van der Waals surface area contributed by atoms with Crippen LogP contribution in [-0.4, -0.2) is 22.6 Å². The molecule has 4 fully saturated rings. The third-order valence-electron chi connectivity index (χ3n) is 12.1. The first-order valence-corrected chi connectivity index (χ1v) is 15.8. The molecule has 1 aromatic carbocycles. The number of nitrogens with one attached hydrogen (secondary N) is 2. The van der Waals surface area contributed by atoms with Gasteiger partial charge < -0.3 is 10.6 Å². The average molecular weight is 561 g/mol. The van der Waals surface area contributed by atoms with Crippen LogP contribution in [0.2, 0.25) is 0 Å². The Kier molecular flexibility index (Phi) is 6.88. The van der Waals surface area contributed by atoms with Crippen molar-refractivity contribution in [3.05, 3.63) is 47.5 Å². The van der Waals surface area contributed by atoms with Gasteiger partial charge in [0.25, 0.3) is 0 Å². The van der Waals surface area contributed by atoms with Crippen molar-refractivity contribution in [2.45, 2.75) is 85.6 Å². The first kappa shape index (κ1) is 27.8. The molecular weight excluding hydrogens is 516 g/mol. The van der Waals surface area contributed by atoms with Crippen molar-refractivity contribution < 1.29 is 14.4 Å². The number of benzene rings is 1. The molecule has 1 aromatic rings. The van der Waals surface area contributed by atoms with E-state index in [0.29, 0.717) is 47.9 Å². The Morgan fingerprint density at radius 2 is 1.75 bits per heavy atom. The minimum Gasteiger partial charge on any atom is -0.358 e. The molecule has 6 heteroatoms. The third kappa shape index (κ3) is 4.06. The van der Waals surface area contributed by atoms with Crippen LogP contribution in [0.5, 0.6) is 0 Å². The first-order valence-electron chi connectivity index (χ1n) is 15.4. The van der Waals surface area contributed by atoms with Gasteiger partial charge in [-0.1, -0.05) is 76.1 Å². The van der Waals surface area contributed by atoms with Crippen LogP contribution in [0.1, 0.15) is 84.6 Å². The number of carbonyl (C=O) groups is 3. The molecule has 1 amide bonds. The number of hydrogen-bond acceptors (Lipinski definition) is 4. The van der Waals surface area contributed by atoms with E-state index < -0.39 is 5.41 Å². The fraction of sp³-hybridized carbons (Fsp3) is 0.647. The van der Waals surface area contributed by atoms with E-state index in [1.54, 1.807) is 0 Å². The summed E-state index contributed by atoms with van der Waals surface area (Å²) in [5.74, 6) is 1.42. The predicted molar refractivity (Wildman–Crippen MR) is 160 cm³/mol. The van der Waals surface area contributed by atoms with Crippen molar-refractivity contribution in [1.29, 1.82) is 0 Å². The smallest absolute Gasteiger partial charge is 0.232 e. The van der Waals surface area contributed by atoms with Gasteiger partial charge >= 0.3 is 0 Å². The average Bonchev–Trinajstić information content (AvgIpc) is 2.93. The van der Waals surface area contributed by atoms with E-state index in [9.17, 15) is 14.4 Å². The van der Waals surface area contributed by atoms with E-state index in [1.807, 2.05) is 30.3 Å². The van der Waals surface area contributed by atoms with Gasteiger partial charge in [-0.05, 0) is 79.0 Å². The SMILES string of the molecule is CC(C)C1=CC23CCC4C(C)(C(=O)NC(=S)NCc5ccccc5)CCCC4(C)C2CC1C1C(=O)CCC(=O)C13. The highest BCUT2D eigenvalue weighted by Crippen LogP contribution is 2.74. The van der Waals surface area contributed by atoms with Crippen LogP contribution in [-0.2, 0) is 20.9 Å². The maximum atomic E-state index is 14.0. The summed E-state index contributed by atoms with van der Waals surface area (Å²) < 4.78 is 0. The highest BCUT2D eigenvalue weighted by atomic mass is 32.1. The second-order valence-corrected chi connectivity index (χ2v) is 14.6. The number of thiocarbonyl (C=S) groups is 1. The minimum atomic E-state index is -0.528. The van der Waals surface area contributed by atoms with Crippen molar-refractivity contribution in [2.24, 2.45) is 51.8 Å². The molecule has 214 valence electrons. The lowest BCUT2D eigenvalue weighted by molar-refractivity contribution is -0.194. The lowest BCUT2D eigenvalue weighted by Gasteiger charge is -2.70. The van der Waals surface area contributed by atoms with E-state index in [1.165, 1.54) is 5.57 Å². The normalized spacial score (nSPS) is 40.0. The molecule has 5 nitrogen and oxygen atoms in total. The number of carbonyl (C=O) groups excluding carboxylic acids is 3. The topological polar surface area (TPSA) is 75.3 Å². The summed E-state index contributed by atoms with van der Waals surface area (Å²) in [4.78, 5) is 40.9. The quantitative estimate of drug-likeness (QED) is 0.340. The van der Waals surface area contributed by atoms with Gasteiger partial charge in [-0.3, -0.25) is 14.4 Å². The summed E-state index contributed by atoms with van der Waals surface area (Å²) in [7, 11) is 0.